The van der Waals surface area contributed by atoms with E-state index in [1.54, 1.807) is 7.11 Å². The van der Waals surface area contributed by atoms with Gasteiger partial charge in [-0.15, -0.1) is 12.4 Å². The topological polar surface area (TPSA) is 47.6 Å². The number of halogens is 1. The summed E-state index contributed by atoms with van der Waals surface area (Å²) in [7, 11) is 1.64. The summed E-state index contributed by atoms with van der Waals surface area (Å²) in [6, 6.07) is 21.8. The van der Waals surface area contributed by atoms with Crippen molar-refractivity contribution in [2.75, 3.05) is 13.7 Å². The van der Waals surface area contributed by atoms with E-state index in [1.165, 1.54) is 6.92 Å². The molecule has 0 aromatic heterocycles. The summed E-state index contributed by atoms with van der Waals surface area (Å²) in [6.45, 7) is 2.02. The van der Waals surface area contributed by atoms with Crippen molar-refractivity contribution in [3.63, 3.8) is 0 Å². The van der Waals surface area contributed by atoms with Crippen molar-refractivity contribution >= 4 is 29.1 Å². The van der Waals surface area contributed by atoms with Crippen LogP contribution in [0.25, 0.3) is 10.8 Å². The molecule has 3 rings (SSSR count). The molecule has 0 spiro atoms. The summed E-state index contributed by atoms with van der Waals surface area (Å²) >= 11 is 0. The molecule has 0 aliphatic rings. The van der Waals surface area contributed by atoms with Crippen molar-refractivity contribution in [1.29, 1.82) is 0 Å². The number of benzene rings is 3. The van der Waals surface area contributed by atoms with E-state index < -0.39 is 0 Å². The Balaban J connectivity index is 0.00000261. The molecular formula is C22H24ClNO3. The number of hydrogen-bond donors (Lipinski definition) is 1. The highest BCUT2D eigenvalue weighted by molar-refractivity contribution is 5.88. The van der Waals surface area contributed by atoms with Crippen LogP contribution in [0, 0.1) is 0 Å². The van der Waals surface area contributed by atoms with E-state index in [-0.39, 0.29) is 24.4 Å². The van der Waals surface area contributed by atoms with Crippen LogP contribution < -0.4 is 14.8 Å². The molecule has 5 heteroatoms. The average Bonchev–Trinajstić information content (AvgIpc) is 2.67. The van der Waals surface area contributed by atoms with Crippen LogP contribution >= 0.6 is 12.4 Å². The fourth-order valence-electron chi connectivity index (χ4n) is 3.03. The Bertz CT molecular complexity index is 892. The molecule has 0 saturated heterocycles. The molecule has 3 aromatic rings. The standard InChI is InChI=1S/C22H23NO3.ClH/c1-16(24)23-21(18-9-5-10-19(15-18)25-2)13-14-26-22-12-6-8-17-7-3-4-11-20(17)22;/h3-12,15,21H,13-14H2,1-2H3,(H,23,24);1H/t21-;/m0./s1. The third-order valence-electron chi connectivity index (χ3n) is 4.29. The molecule has 4 nitrogen and oxygen atoms in total. The van der Waals surface area contributed by atoms with Gasteiger partial charge in [0.05, 0.1) is 19.8 Å². The Morgan fingerprint density at radius 1 is 1.04 bits per heavy atom. The number of ether oxygens (including phenoxy) is 2. The van der Waals surface area contributed by atoms with E-state index in [0.29, 0.717) is 13.0 Å². The monoisotopic (exact) mass is 385 g/mol. The maximum Gasteiger partial charge on any atom is 0.217 e. The Kier molecular flexibility index (Phi) is 7.50. The lowest BCUT2D eigenvalue weighted by molar-refractivity contribution is -0.119. The predicted molar refractivity (Wildman–Crippen MR) is 111 cm³/mol. The molecule has 3 aromatic carbocycles. The van der Waals surface area contributed by atoms with Crippen molar-refractivity contribution in [3.05, 3.63) is 72.3 Å². The van der Waals surface area contributed by atoms with Gasteiger partial charge in [-0.2, -0.15) is 0 Å². The predicted octanol–water partition coefficient (Wildman–Crippen LogP) is 4.92. The number of fused-ring (bicyclic) bond motifs is 1. The van der Waals surface area contributed by atoms with Gasteiger partial charge in [0.2, 0.25) is 5.91 Å². The number of hydrogen-bond acceptors (Lipinski definition) is 3. The van der Waals surface area contributed by atoms with Gasteiger partial charge >= 0.3 is 0 Å². The summed E-state index contributed by atoms with van der Waals surface area (Å²) in [6.07, 6.45) is 0.663. The van der Waals surface area contributed by atoms with Gasteiger partial charge in [-0.05, 0) is 29.1 Å². The molecule has 0 aliphatic heterocycles. The van der Waals surface area contributed by atoms with E-state index in [1.807, 2.05) is 48.5 Å². The summed E-state index contributed by atoms with van der Waals surface area (Å²) in [5.74, 6) is 1.56. The molecule has 1 amide bonds. The number of rotatable bonds is 7. The van der Waals surface area contributed by atoms with Crippen LogP contribution in [0.15, 0.2) is 66.7 Å². The maximum absolute atomic E-state index is 11.6. The minimum atomic E-state index is -0.127. The van der Waals surface area contributed by atoms with Crippen molar-refractivity contribution in [2.45, 2.75) is 19.4 Å². The highest BCUT2D eigenvalue weighted by Gasteiger charge is 2.14. The fourth-order valence-corrected chi connectivity index (χ4v) is 3.03. The van der Waals surface area contributed by atoms with Crippen LogP contribution in [0.1, 0.15) is 24.9 Å². The second kappa shape index (κ2) is 9.83. The van der Waals surface area contributed by atoms with Gasteiger partial charge in [0.15, 0.2) is 0 Å². The Morgan fingerprint density at radius 2 is 1.78 bits per heavy atom. The molecule has 0 aliphatic carbocycles. The van der Waals surface area contributed by atoms with E-state index in [9.17, 15) is 4.79 Å². The zero-order valence-corrected chi connectivity index (χ0v) is 16.3. The molecule has 0 fully saturated rings. The van der Waals surface area contributed by atoms with Gasteiger partial charge in [0, 0.05) is 18.7 Å². The van der Waals surface area contributed by atoms with Crippen LogP contribution in [0.3, 0.4) is 0 Å². The second-order valence-corrected chi connectivity index (χ2v) is 6.14. The zero-order chi connectivity index (χ0) is 18.4. The normalized spacial score (nSPS) is 11.3. The lowest BCUT2D eigenvalue weighted by atomic mass is 10.0. The molecule has 0 unspecified atom stereocenters. The average molecular weight is 386 g/mol. The van der Waals surface area contributed by atoms with E-state index in [4.69, 9.17) is 9.47 Å². The summed E-state index contributed by atoms with van der Waals surface area (Å²) < 4.78 is 11.3. The van der Waals surface area contributed by atoms with E-state index >= 15 is 0 Å². The first kappa shape index (κ1) is 20.6. The molecule has 0 radical (unpaired) electrons. The lowest BCUT2D eigenvalue weighted by Gasteiger charge is -2.19. The summed E-state index contributed by atoms with van der Waals surface area (Å²) in [5, 5.41) is 5.24. The van der Waals surface area contributed by atoms with Crippen LogP contribution in [0.5, 0.6) is 11.5 Å². The van der Waals surface area contributed by atoms with Crippen molar-refractivity contribution in [3.8, 4) is 11.5 Å². The smallest absolute Gasteiger partial charge is 0.217 e. The molecule has 0 saturated carbocycles. The highest BCUT2D eigenvalue weighted by atomic mass is 35.5. The van der Waals surface area contributed by atoms with Gasteiger partial charge in [-0.1, -0.05) is 48.5 Å². The number of nitrogens with one attached hydrogen (secondary N) is 1. The lowest BCUT2D eigenvalue weighted by Crippen LogP contribution is -2.27. The fraction of sp³-hybridized carbons (Fsp3) is 0.227. The molecule has 27 heavy (non-hydrogen) atoms. The number of methoxy groups -OCH3 is 1. The third-order valence-corrected chi connectivity index (χ3v) is 4.29. The molecule has 1 atom stereocenters. The Labute approximate surface area is 165 Å². The third kappa shape index (κ3) is 5.38. The van der Waals surface area contributed by atoms with Gasteiger partial charge in [0.25, 0.3) is 0 Å². The van der Waals surface area contributed by atoms with Crippen LogP contribution in [0.2, 0.25) is 0 Å². The quantitative estimate of drug-likeness (QED) is 0.628. The number of carbonyl (C=O) groups is 1. The van der Waals surface area contributed by atoms with Gasteiger partial charge in [-0.3, -0.25) is 4.79 Å². The minimum absolute atomic E-state index is 0. The van der Waals surface area contributed by atoms with Gasteiger partial charge in [0.1, 0.15) is 11.5 Å². The van der Waals surface area contributed by atoms with E-state index in [0.717, 1.165) is 27.8 Å². The maximum atomic E-state index is 11.6. The summed E-state index contributed by atoms with van der Waals surface area (Å²) in [5.41, 5.74) is 1.00. The van der Waals surface area contributed by atoms with Crippen LogP contribution in [-0.4, -0.2) is 19.6 Å². The number of amides is 1. The molecule has 0 heterocycles. The largest absolute Gasteiger partial charge is 0.497 e. The molecule has 142 valence electrons. The Hall–Kier alpha value is -2.72. The highest BCUT2D eigenvalue weighted by Crippen LogP contribution is 2.26. The first-order valence-corrected chi connectivity index (χ1v) is 8.69. The van der Waals surface area contributed by atoms with Crippen LogP contribution in [0.4, 0.5) is 0 Å². The van der Waals surface area contributed by atoms with Crippen molar-refractivity contribution in [2.24, 2.45) is 0 Å². The van der Waals surface area contributed by atoms with Gasteiger partial charge in [-0.25, -0.2) is 0 Å². The van der Waals surface area contributed by atoms with Crippen LogP contribution in [-0.2, 0) is 4.79 Å². The molecular weight excluding hydrogens is 362 g/mol. The second-order valence-electron chi connectivity index (χ2n) is 6.14. The van der Waals surface area contributed by atoms with E-state index in [2.05, 4.69) is 23.5 Å². The Morgan fingerprint density at radius 3 is 2.56 bits per heavy atom. The number of carbonyl (C=O) groups excluding carboxylic acids is 1. The first-order chi connectivity index (χ1) is 12.7. The molecule has 0 bridgehead atoms. The minimum Gasteiger partial charge on any atom is -0.497 e. The zero-order valence-electron chi connectivity index (χ0n) is 15.5. The first-order valence-electron chi connectivity index (χ1n) is 8.69. The SMILES string of the molecule is COc1cccc([C@H](CCOc2cccc3ccccc23)NC(C)=O)c1.Cl. The van der Waals surface area contributed by atoms with Gasteiger partial charge < -0.3 is 14.8 Å². The van der Waals surface area contributed by atoms with Crippen molar-refractivity contribution < 1.29 is 14.3 Å². The molecule has 1 N–H and O–H groups in total. The summed E-state index contributed by atoms with van der Waals surface area (Å²) in [4.78, 5) is 11.6. The van der Waals surface area contributed by atoms with Crippen molar-refractivity contribution in [1.82, 2.24) is 5.32 Å².